The molecular weight excluding hydrogens is 371 g/mol. The highest BCUT2D eigenvalue weighted by Crippen LogP contribution is 2.33. The third-order valence-electron chi connectivity index (χ3n) is 3.22. The number of hydrogen-bond donors (Lipinski definition) is 3. The highest BCUT2D eigenvalue weighted by molar-refractivity contribution is 6.32. The first-order valence-corrected chi connectivity index (χ1v) is 7.85. The molecule has 26 heavy (non-hydrogen) atoms. The number of aliphatic imine (C=N–C) groups is 1. The molecule has 0 aliphatic heterocycles. The van der Waals surface area contributed by atoms with Gasteiger partial charge in [0.05, 0.1) is 24.2 Å². The van der Waals surface area contributed by atoms with E-state index in [4.69, 9.17) is 22.1 Å². The van der Waals surface area contributed by atoms with E-state index in [0.29, 0.717) is 16.5 Å². The zero-order valence-electron chi connectivity index (χ0n) is 13.8. The molecule has 1 aromatic carbocycles. The van der Waals surface area contributed by atoms with Crippen LogP contribution in [-0.2, 0) is 6.18 Å². The SMILES string of the molecule is COc1ccc(NC(N)=NCCNc2ncccc2C(F)(F)F)cc1Cl. The zero-order valence-corrected chi connectivity index (χ0v) is 14.5. The van der Waals surface area contributed by atoms with E-state index in [1.54, 1.807) is 18.2 Å². The Morgan fingerprint density at radius 2 is 2.12 bits per heavy atom. The van der Waals surface area contributed by atoms with Crippen molar-refractivity contribution in [3.8, 4) is 5.75 Å². The molecule has 2 rings (SSSR count). The van der Waals surface area contributed by atoms with Gasteiger partial charge in [0.25, 0.3) is 0 Å². The number of rotatable bonds is 6. The van der Waals surface area contributed by atoms with Crippen LogP contribution in [0.1, 0.15) is 5.56 Å². The Labute approximate surface area is 153 Å². The van der Waals surface area contributed by atoms with E-state index < -0.39 is 11.7 Å². The van der Waals surface area contributed by atoms with Gasteiger partial charge in [-0.05, 0) is 30.3 Å². The van der Waals surface area contributed by atoms with Crippen molar-refractivity contribution in [1.29, 1.82) is 0 Å². The van der Waals surface area contributed by atoms with Crippen molar-refractivity contribution in [2.45, 2.75) is 6.18 Å². The first kappa shape index (κ1) is 19.6. The van der Waals surface area contributed by atoms with Gasteiger partial charge in [0, 0.05) is 18.4 Å². The molecule has 0 fully saturated rings. The standard InChI is InChI=1S/C16H17ClF3N5O/c1-26-13-5-4-10(9-12(13)17)25-15(21)24-8-7-23-14-11(16(18,19)20)3-2-6-22-14/h2-6,9H,7-8H2,1H3,(H,22,23)(H3,21,24,25). The van der Waals surface area contributed by atoms with Gasteiger partial charge in [0.15, 0.2) is 5.96 Å². The molecular formula is C16H17ClF3N5O. The number of nitrogens with one attached hydrogen (secondary N) is 2. The number of pyridine rings is 1. The van der Waals surface area contributed by atoms with Crippen LogP contribution in [0.2, 0.25) is 5.02 Å². The van der Waals surface area contributed by atoms with Crippen LogP contribution >= 0.6 is 11.6 Å². The lowest BCUT2D eigenvalue weighted by Crippen LogP contribution is -2.24. The molecule has 0 amide bonds. The molecule has 10 heteroatoms. The second-order valence-corrected chi connectivity index (χ2v) is 5.47. The maximum absolute atomic E-state index is 12.9. The number of ether oxygens (including phenoxy) is 1. The zero-order chi connectivity index (χ0) is 19.2. The van der Waals surface area contributed by atoms with Gasteiger partial charge in [0.1, 0.15) is 11.6 Å². The van der Waals surface area contributed by atoms with Crippen molar-refractivity contribution >= 4 is 29.1 Å². The van der Waals surface area contributed by atoms with Crippen LogP contribution in [0.25, 0.3) is 0 Å². The molecule has 0 aliphatic carbocycles. The fourth-order valence-electron chi connectivity index (χ4n) is 2.06. The summed E-state index contributed by atoms with van der Waals surface area (Å²) in [6.45, 7) is 0.280. The van der Waals surface area contributed by atoms with Crippen molar-refractivity contribution < 1.29 is 17.9 Å². The van der Waals surface area contributed by atoms with Crippen LogP contribution in [0.3, 0.4) is 0 Å². The van der Waals surface area contributed by atoms with Crippen LogP contribution in [0.5, 0.6) is 5.75 Å². The Morgan fingerprint density at radius 1 is 1.35 bits per heavy atom. The van der Waals surface area contributed by atoms with Gasteiger partial charge in [-0.1, -0.05) is 11.6 Å². The van der Waals surface area contributed by atoms with Gasteiger partial charge in [-0.25, -0.2) is 4.98 Å². The second kappa shape index (κ2) is 8.61. The minimum Gasteiger partial charge on any atom is -0.495 e. The van der Waals surface area contributed by atoms with E-state index in [2.05, 4.69) is 20.6 Å². The molecule has 0 aliphatic rings. The summed E-state index contributed by atoms with van der Waals surface area (Å²) in [4.78, 5) is 7.74. The number of benzene rings is 1. The first-order valence-electron chi connectivity index (χ1n) is 7.48. The average Bonchev–Trinajstić information content (AvgIpc) is 2.58. The van der Waals surface area contributed by atoms with E-state index in [0.717, 1.165) is 6.07 Å². The van der Waals surface area contributed by atoms with Gasteiger partial charge in [-0.2, -0.15) is 13.2 Å². The summed E-state index contributed by atoms with van der Waals surface area (Å²) >= 11 is 6.00. The highest BCUT2D eigenvalue weighted by atomic mass is 35.5. The molecule has 0 saturated carbocycles. The number of alkyl halides is 3. The van der Waals surface area contributed by atoms with E-state index in [-0.39, 0.29) is 24.9 Å². The quantitative estimate of drug-likeness (QED) is 0.400. The van der Waals surface area contributed by atoms with Gasteiger partial charge in [-0.3, -0.25) is 4.99 Å². The summed E-state index contributed by atoms with van der Waals surface area (Å²) in [5.74, 6) is 0.376. The number of methoxy groups -OCH3 is 1. The molecule has 0 spiro atoms. The summed E-state index contributed by atoms with van der Waals surface area (Å²) in [5.41, 5.74) is 5.52. The third kappa shape index (κ3) is 5.41. The van der Waals surface area contributed by atoms with Gasteiger partial charge in [0.2, 0.25) is 0 Å². The molecule has 0 unspecified atom stereocenters. The topological polar surface area (TPSA) is 84.6 Å². The van der Waals surface area contributed by atoms with Gasteiger partial charge >= 0.3 is 6.18 Å². The Bertz CT molecular complexity index is 783. The van der Waals surface area contributed by atoms with Crippen LogP contribution in [0, 0.1) is 0 Å². The number of nitrogens with two attached hydrogens (primary N) is 1. The molecule has 140 valence electrons. The number of nitrogens with zero attached hydrogens (tertiary/aromatic N) is 2. The molecule has 0 saturated heterocycles. The van der Waals surface area contributed by atoms with Crippen molar-refractivity contribution in [2.24, 2.45) is 10.7 Å². The summed E-state index contributed by atoms with van der Waals surface area (Å²) in [6.07, 6.45) is -3.20. The summed E-state index contributed by atoms with van der Waals surface area (Å²) in [5, 5.41) is 5.84. The molecule has 6 nitrogen and oxygen atoms in total. The number of anilines is 2. The van der Waals surface area contributed by atoms with Crippen LogP contribution < -0.4 is 21.1 Å². The maximum atomic E-state index is 12.9. The van der Waals surface area contributed by atoms with E-state index in [1.807, 2.05) is 0 Å². The summed E-state index contributed by atoms with van der Waals surface area (Å²) in [6, 6.07) is 7.18. The lowest BCUT2D eigenvalue weighted by Gasteiger charge is -2.12. The minimum atomic E-state index is -4.48. The molecule has 0 bridgehead atoms. The molecule has 2 aromatic rings. The van der Waals surface area contributed by atoms with Crippen molar-refractivity contribution in [3.05, 3.63) is 47.1 Å². The molecule has 0 atom stereocenters. The van der Waals surface area contributed by atoms with E-state index in [9.17, 15) is 13.2 Å². The number of hydrogen-bond acceptors (Lipinski definition) is 4. The molecule has 1 heterocycles. The van der Waals surface area contributed by atoms with Crippen molar-refractivity contribution in [1.82, 2.24) is 4.98 Å². The average molecular weight is 388 g/mol. The predicted molar refractivity (Wildman–Crippen MR) is 95.8 cm³/mol. The summed E-state index contributed by atoms with van der Waals surface area (Å²) < 4.78 is 43.6. The summed E-state index contributed by atoms with van der Waals surface area (Å²) in [7, 11) is 1.50. The number of aromatic nitrogens is 1. The molecule has 4 N–H and O–H groups in total. The third-order valence-corrected chi connectivity index (χ3v) is 3.52. The fourth-order valence-corrected chi connectivity index (χ4v) is 2.31. The van der Waals surface area contributed by atoms with Gasteiger partial charge in [-0.15, -0.1) is 0 Å². The van der Waals surface area contributed by atoms with E-state index in [1.165, 1.54) is 19.4 Å². The van der Waals surface area contributed by atoms with Crippen LogP contribution in [-0.4, -0.2) is 31.1 Å². The fraction of sp³-hybridized carbons (Fsp3) is 0.250. The Hall–Kier alpha value is -2.68. The lowest BCUT2D eigenvalue weighted by atomic mass is 10.2. The van der Waals surface area contributed by atoms with E-state index >= 15 is 0 Å². The monoisotopic (exact) mass is 387 g/mol. The Balaban J connectivity index is 1.90. The van der Waals surface area contributed by atoms with Crippen LogP contribution in [0.15, 0.2) is 41.5 Å². The Morgan fingerprint density at radius 3 is 2.77 bits per heavy atom. The largest absolute Gasteiger partial charge is 0.495 e. The second-order valence-electron chi connectivity index (χ2n) is 5.07. The Kier molecular flexibility index (Phi) is 6.51. The normalized spacial score (nSPS) is 12.0. The molecule has 1 aromatic heterocycles. The smallest absolute Gasteiger partial charge is 0.419 e. The maximum Gasteiger partial charge on any atom is 0.419 e. The lowest BCUT2D eigenvalue weighted by molar-refractivity contribution is -0.137. The highest BCUT2D eigenvalue weighted by Gasteiger charge is 2.33. The minimum absolute atomic E-state index is 0.102. The van der Waals surface area contributed by atoms with Crippen LogP contribution in [0.4, 0.5) is 24.7 Å². The predicted octanol–water partition coefficient (Wildman–Crippen LogP) is 3.60. The van der Waals surface area contributed by atoms with Crippen molar-refractivity contribution in [2.75, 3.05) is 30.8 Å². The van der Waals surface area contributed by atoms with Gasteiger partial charge < -0.3 is 21.1 Å². The molecule has 0 radical (unpaired) electrons. The number of guanidine groups is 1. The first-order chi connectivity index (χ1) is 12.3. The van der Waals surface area contributed by atoms with Crippen molar-refractivity contribution in [3.63, 3.8) is 0 Å². The number of halogens is 4.